The molecule has 1 heterocycles. The SMILES string of the molecule is CC(=O)CC(C)N(C)CCN1CCCC1. The molecule has 3 heteroatoms. The zero-order valence-corrected chi connectivity index (χ0v) is 10.3. The molecule has 1 saturated heterocycles. The lowest BCUT2D eigenvalue weighted by molar-refractivity contribution is -0.118. The lowest BCUT2D eigenvalue weighted by atomic mass is 10.1. The summed E-state index contributed by atoms with van der Waals surface area (Å²) >= 11 is 0. The van der Waals surface area contributed by atoms with Gasteiger partial charge in [0.15, 0.2) is 0 Å². The van der Waals surface area contributed by atoms with Crippen LogP contribution in [0.4, 0.5) is 0 Å². The van der Waals surface area contributed by atoms with Gasteiger partial charge >= 0.3 is 0 Å². The molecular weight excluding hydrogens is 188 g/mol. The van der Waals surface area contributed by atoms with Crippen molar-refractivity contribution < 1.29 is 4.79 Å². The van der Waals surface area contributed by atoms with E-state index in [9.17, 15) is 4.79 Å². The molecule has 1 atom stereocenters. The zero-order valence-electron chi connectivity index (χ0n) is 10.3. The highest BCUT2D eigenvalue weighted by molar-refractivity contribution is 5.76. The first-order valence-electron chi connectivity index (χ1n) is 6.01. The van der Waals surface area contributed by atoms with E-state index in [1.807, 2.05) is 0 Å². The van der Waals surface area contributed by atoms with Gasteiger partial charge in [-0.15, -0.1) is 0 Å². The van der Waals surface area contributed by atoms with Crippen molar-refractivity contribution in [3.63, 3.8) is 0 Å². The Hall–Kier alpha value is -0.410. The van der Waals surface area contributed by atoms with Crippen molar-refractivity contribution in [2.24, 2.45) is 0 Å². The second kappa shape index (κ2) is 6.23. The summed E-state index contributed by atoms with van der Waals surface area (Å²) in [5, 5.41) is 0. The van der Waals surface area contributed by atoms with Gasteiger partial charge in [-0.05, 0) is 46.8 Å². The number of hydrogen-bond acceptors (Lipinski definition) is 3. The van der Waals surface area contributed by atoms with Gasteiger partial charge in [0.25, 0.3) is 0 Å². The molecule has 1 rings (SSSR count). The van der Waals surface area contributed by atoms with E-state index in [4.69, 9.17) is 0 Å². The Morgan fingerprint density at radius 2 is 2.00 bits per heavy atom. The summed E-state index contributed by atoms with van der Waals surface area (Å²) in [6.45, 7) is 8.55. The number of carbonyl (C=O) groups is 1. The first kappa shape index (κ1) is 12.7. The molecule has 0 radical (unpaired) electrons. The van der Waals surface area contributed by atoms with E-state index in [-0.39, 0.29) is 5.78 Å². The summed E-state index contributed by atoms with van der Waals surface area (Å²) < 4.78 is 0. The van der Waals surface area contributed by atoms with Gasteiger partial charge in [0.2, 0.25) is 0 Å². The number of carbonyl (C=O) groups excluding carboxylic acids is 1. The van der Waals surface area contributed by atoms with Gasteiger partial charge in [-0.2, -0.15) is 0 Å². The van der Waals surface area contributed by atoms with Crippen molar-refractivity contribution in [3.05, 3.63) is 0 Å². The standard InChI is InChI=1S/C12H24N2O/c1-11(10-12(2)15)13(3)8-9-14-6-4-5-7-14/h11H,4-10H2,1-3H3. The van der Waals surface area contributed by atoms with Gasteiger partial charge < -0.3 is 9.80 Å². The molecule has 88 valence electrons. The maximum absolute atomic E-state index is 11.0. The fourth-order valence-electron chi connectivity index (χ4n) is 2.10. The highest BCUT2D eigenvalue weighted by Gasteiger charge is 2.15. The van der Waals surface area contributed by atoms with Crippen molar-refractivity contribution in [2.75, 3.05) is 33.2 Å². The maximum atomic E-state index is 11.0. The third-order valence-corrected chi connectivity index (χ3v) is 3.30. The third kappa shape index (κ3) is 4.76. The van der Waals surface area contributed by atoms with E-state index in [1.165, 1.54) is 25.9 Å². The minimum Gasteiger partial charge on any atom is -0.302 e. The van der Waals surface area contributed by atoms with Gasteiger partial charge in [0, 0.05) is 25.6 Å². The Bertz CT molecular complexity index is 200. The Morgan fingerprint density at radius 1 is 1.40 bits per heavy atom. The molecule has 1 aliphatic rings. The van der Waals surface area contributed by atoms with Crippen LogP contribution < -0.4 is 0 Å². The number of ketones is 1. The van der Waals surface area contributed by atoms with Crippen LogP contribution in [-0.2, 0) is 4.79 Å². The molecule has 0 bridgehead atoms. The van der Waals surface area contributed by atoms with Crippen LogP contribution in [-0.4, -0.2) is 54.9 Å². The number of rotatable bonds is 6. The summed E-state index contributed by atoms with van der Waals surface area (Å²) in [6, 6.07) is 0.380. The minimum absolute atomic E-state index is 0.288. The summed E-state index contributed by atoms with van der Waals surface area (Å²) in [4.78, 5) is 15.8. The lowest BCUT2D eigenvalue weighted by Gasteiger charge is -2.26. The van der Waals surface area contributed by atoms with E-state index in [0.29, 0.717) is 12.5 Å². The Labute approximate surface area is 93.4 Å². The van der Waals surface area contributed by atoms with Crippen LogP contribution in [0, 0.1) is 0 Å². The molecule has 0 N–H and O–H groups in total. The fraction of sp³-hybridized carbons (Fsp3) is 0.917. The molecule has 1 aliphatic heterocycles. The van der Waals surface area contributed by atoms with Crippen LogP contribution in [0.2, 0.25) is 0 Å². The molecule has 3 nitrogen and oxygen atoms in total. The number of hydrogen-bond donors (Lipinski definition) is 0. The second-order valence-electron chi connectivity index (χ2n) is 4.78. The van der Waals surface area contributed by atoms with Gasteiger partial charge in [-0.3, -0.25) is 4.79 Å². The van der Waals surface area contributed by atoms with Crippen LogP contribution in [0.5, 0.6) is 0 Å². The minimum atomic E-state index is 0.288. The van der Waals surface area contributed by atoms with E-state index in [1.54, 1.807) is 6.92 Å². The largest absolute Gasteiger partial charge is 0.302 e. The third-order valence-electron chi connectivity index (χ3n) is 3.30. The van der Waals surface area contributed by atoms with Crippen molar-refractivity contribution in [1.29, 1.82) is 0 Å². The molecule has 1 fully saturated rings. The highest BCUT2D eigenvalue weighted by atomic mass is 16.1. The molecular formula is C12H24N2O. The second-order valence-corrected chi connectivity index (χ2v) is 4.78. The van der Waals surface area contributed by atoms with Crippen LogP contribution in [0.25, 0.3) is 0 Å². The zero-order chi connectivity index (χ0) is 11.3. The van der Waals surface area contributed by atoms with Crippen molar-refractivity contribution >= 4 is 5.78 Å². The molecule has 0 spiro atoms. The summed E-state index contributed by atoms with van der Waals surface area (Å²) in [7, 11) is 2.11. The lowest BCUT2D eigenvalue weighted by Crippen LogP contribution is -2.37. The van der Waals surface area contributed by atoms with Crippen LogP contribution in [0.1, 0.15) is 33.1 Å². The average molecular weight is 212 g/mol. The topological polar surface area (TPSA) is 23.6 Å². The number of likely N-dealkylation sites (N-methyl/N-ethyl adjacent to an activating group) is 1. The predicted octanol–water partition coefficient (Wildman–Crippen LogP) is 1.38. The summed E-state index contributed by atoms with van der Waals surface area (Å²) in [5.74, 6) is 0.288. The predicted molar refractivity (Wildman–Crippen MR) is 63.1 cm³/mol. The normalized spacial score (nSPS) is 19.7. The first-order valence-corrected chi connectivity index (χ1v) is 6.01. The molecule has 0 aliphatic carbocycles. The number of Topliss-reactive ketones (excluding diaryl/α,β-unsaturated/α-hetero) is 1. The van der Waals surface area contributed by atoms with Crippen molar-refractivity contribution in [3.8, 4) is 0 Å². The summed E-state index contributed by atoms with van der Waals surface area (Å²) in [6.07, 6.45) is 3.38. The van der Waals surface area contributed by atoms with E-state index in [0.717, 1.165) is 13.1 Å². The van der Waals surface area contributed by atoms with E-state index in [2.05, 4.69) is 23.8 Å². The van der Waals surface area contributed by atoms with E-state index >= 15 is 0 Å². The Balaban J connectivity index is 2.16. The number of likely N-dealkylation sites (tertiary alicyclic amines) is 1. The van der Waals surface area contributed by atoms with Gasteiger partial charge in [0.05, 0.1) is 0 Å². The molecule has 15 heavy (non-hydrogen) atoms. The quantitative estimate of drug-likeness (QED) is 0.664. The Kier molecular flexibility index (Phi) is 5.26. The maximum Gasteiger partial charge on any atom is 0.131 e. The van der Waals surface area contributed by atoms with Gasteiger partial charge in [-0.25, -0.2) is 0 Å². The first-order chi connectivity index (χ1) is 7.09. The average Bonchev–Trinajstić information content (AvgIpc) is 2.65. The molecule has 1 unspecified atom stereocenters. The van der Waals surface area contributed by atoms with Gasteiger partial charge in [0.1, 0.15) is 5.78 Å². The molecule has 0 amide bonds. The van der Waals surface area contributed by atoms with Gasteiger partial charge in [-0.1, -0.05) is 0 Å². The molecule has 0 aromatic carbocycles. The highest BCUT2D eigenvalue weighted by Crippen LogP contribution is 2.08. The smallest absolute Gasteiger partial charge is 0.131 e. The summed E-state index contributed by atoms with van der Waals surface area (Å²) in [5.41, 5.74) is 0. The number of nitrogens with zero attached hydrogens (tertiary/aromatic N) is 2. The molecule has 0 aromatic heterocycles. The van der Waals surface area contributed by atoms with Crippen molar-refractivity contribution in [2.45, 2.75) is 39.2 Å². The Morgan fingerprint density at radius 3 is 2.53 bits per heavy atom. The molecule has 0 saturated carbocycles. The van der Waals surface area contributed by atoms with E-state index < -0.39 is 0 Å². The van der Waals surface area contributed by atoms with Crippen LogP contribution in [0.3, 0.4) is 0 Å². The monoisotopic (exact) mass is 212 g/mol. The molecule has 0 aromatic rings. The fourth-order valence-corrected chi connectivity index (χ4v) is 2.10. The van der Waals surface area contributed by atoms with Crippen LogP contribution >= 0.6 is 0 Å². The van der Waals surface area contributed by atoms with Crippen molar-refractivity contribution in [1.82, 2.24) is 9.80 Å². The van der Waals surface area contributed by atoms with Crippen LogP contribution in [0.15, 0.2) is 0 Å².